The van der Waals surface area contributed by atoms with E-state index in [0.29, 0.717) is 33.0 Å². The van der Waals surface area contributed by atoms with Crippen LogP contribution in [0, 0.1) is 0 Å². The third kappa shape index (κ3) is 13.7. The molecule has 0 saturated heterocycles. The summed E-state index contributed by atoms with van der Waals surface area (Å²) in [5.41, 5.74) is 0. The molecule has 0 aromatic rings. The van der Waals surface area contributed by atoms with E-state index in [2.05, 4.69) is 13.8 Å². The van der Waals surface area contributed by atoms with Crippen LogP contribution in [0.5, 0.6) is 0 Å². The first kappa shape index (κ1) is 22.0. The van der Waals surface area contributed by atoms with Crippen LogP contribution in [0.2, 0.25) is 0 Å². The Morgan fingerprint density at radius 1 is 0.591 bits per heavy atom. The van der Waals surface area contributed by atoms with Gasteiger partial charge in [-0.1, -0.05) is 33.6 Å². The van der Waals surface area contributed by atoms with E-state index in [1.54, 1.807) is 0 Å². The van der Waals surface area contributed by atoms with E-state index in [-0.39, 0.29) is 13.2 Å². The molecule has 0 heterocycles. The minimum atomic E-state index is -3.51. The molecule has 0 aliphatic rings. The molecule has 22 heavy (non-hydrogen) atoms. The lowest BCUT2D eigenvalue weighted by Gasteiger charge is -2.17. The van der Waals surface area contributed by atoms with Crippen LogP contribution in [0.25, 0.3) is 0 Å². The largest absolute Gasteiger partial charge is 0.474 e. The molecule has 0 bridgehead atoms. The summed E-state index contributed by atoms with van der Waals surface area (Å²) in [5.74, 6) is 0. The van der Waals surface area contributed by atoms with Gasteiger partial charge in [0.05, 0.1) is 33.0 Å². The highest BCUT2D eigenvalue weighted by Crippen LogP contribution is 2.49. The van der Waals surface area contributed by atoms with E-state index in [1.165, 1.54) is 0 Å². The minimum absolute atomic E-state index is 0.196. The molecule has 0 unspecified atom stereocenters. The normalized spacial score (nSPS) is 12.0. The van der Waals surface area contributed by atoms with Crippen molar-refractivity contribution in [2.75, 3.05) is 46.2 Å². The number of hydrogen-bond acceptors (Lipinski definition) is 6. The number of ether oxygens (including phenoxy) is 2. The van der Waals surface area contributed by atoms with Crippen LogP contribution >= 0.6 is 7.82 Å². The van der Waals surface area contributed by atoms with Crippen molar-refractivity contribution in [3.63, 3.8) is 0 Å². The highest BCUT2D eigenvalue weighted by Gasteiger charge is 2.26. The molecule has 0 spiro atoms. The second-order valence-corrected chi connectivity index (χ2v) is 6.55. The standard InChI is InChI=1S/C15H33O6P/c1-4-7-10-17-12-14-20-22(16,19-9-6-3)21-15-13-18-11-8-5-2/h4-15H2,1-3H3. The molecule has 0 aliphatic carbocycles. The van der Waals surface area contributed by atoms with Crippen LogP contribution in [-0.4, -0.2) is 46.2 Å². The molecular weight excluding hydrogens is 307 g/mol. The average molecular weight is 340 g/mol. The smallest absolute Gasteiger partial charge is 0.379 e. The molecule has 0 fully saturated rings. The number of hydrogen-bond donors (Lipinski definition) is 0. The van der Waals surface area contributed by atoms with Gasteiger partial charge in [-0.05, 0) is 19.3 Å². The number of unbranched alkanes of at least 4 members (excludes halogenated alkanes) is 2. The van der Waals surface area contributed by atoms with Gasteiger partial charge in [0, 0.05) is 13.2 Å². The van der Waals surface area contributed by atoms with Gasteiger partial charge < -0.3 is 9.47 Å². The summed E-state index contributed by atoms with van der Waals surface area (Å²) in [6.07, 6.45) is 4.93. The summed E-state index contributed by atoms with van der Waals surface area (Å²) in [6, 6.07) is 0. The molecule has 0 rings (SSSR count). The molecule has 0 aromatic carbocycles. The lowest BCUT2D eigenvalue weighted by Crippen LogP contribution is -2.10. The summed E-state index contributed by atoms with van der Waals surface area (Å²) in [6.45, 7) is 9.01. The monoisotopic (exact) mass is 340 g/mol. The average Bonchev–Trinajstić information content (AvgIpc) is 2.52. The Balaban J connectivity index is 3.87. The fraction of sp³-hybridized carbons (Fsp3) is 1.00. The van der Waals surface area contributed by atoms with E-state index in [9.17, 15) is 4.57 Å². The van der Waals surface area contributed by atoms with Gasteiger partial charge in [-0.2, -0.15) is 0 Å². The first-order chi connectivity index (χ1) is 10.7. The maximum absolute atomic E-state index is 12.4. The Bertz CT molecular complexity index is 255. The Labute approximate surface area is 135 Å². The maximum Gasteiger partial charge on any atom is 0.474 e. The summed E-state index contributed by atoms with van der Waals surface area (Å²) < 4.78 is 38.9. The van der Waals surface area contributed by atoms with Crippen molar-refractivity contribution >= 4 is 7.82 Å². The Morgan fingerprint density at radius 3 is 1.45 bits per heavy atom. The van der Waals surface area contributed by atoms with Crippen molar-refractivity contribution < 1.29 is 27.6 Å². The van der Waals surface area contributed by atoms with Gasteiger partial charge >= 0.3 is 7.82 Å². The molecule has 7 heteroatoms. The topological polar surface area (TPSA) is 63.2 Å². The van der Waals surface area contributed by atoms with Gasteiger partial charge in [0.15, 0.2) is 0 Å². The Kier molecular flexibility index (Phi) is 15.9. The van der Waals surface area contributed by atoms with Crippen molar-refractivity contribution in [2.24, 2.45) is 0 Å². The molecule has 0 saturated carbocycles. The van der Waals surface area contributed by atoms with E-state index in [4.69, 9.17) is 23.0 Å². The van der Waals surface area contributed by atoms with Crippen LogP contribution in [0.4, 0.5) is 0 Å². The number of phosphoric ester groups is 1. The van der Waals surface area contributed by atoms with Crippen molar-refractivity contribution in [1.82, 2.24) is 0 Å². The van der Waals surface area contributed by atoms with E-state index in [0.717, 1.165) is 32.1 Å². The Morgan fingerprint density at radius 2 is 1.05 bits per heavy atom. The van der Waals surface area contributed by atoms with Crippen LogP contribution in [-0.2, 0) is 27.6 Å². The predicted octanol–water partition coefficient (Wildman–Crippen LogP) is 4.19. The quantitative estimate of drug-likeness (QED) is 0.292. The molecular formula is C15H33O6P. The molecule has 0 aromatic heterocycles. The van der Waals surface area contributed by atoms with Crippen molar-refractivity contribution in [1.29, 1.82) is 0 Å². The van der Waals surface area contributed by atoms with E-state index >= 15 is 0 Å². The van der Waals surface area contributed by atoms with Gasteiger partial charge in [-0.25, -0.2) is 4.57 Å². The van der Waals surface area contributed by atoms with Gasteiger partial charge in [0.25, 0.3) is 0 Å². The van der Waals surface area contributed by atoms with Gasteiger partial charge in [0.2, 0.25) is 0 Å². The van der Waals surface area contributed by atoms with Crippen molar-refractivity contribution in [2.45, 2.75) is 52.9 Å². The van der Waals surface area contributed by atoms with Gasteiger partial charge in [-0.15, -0.1) is 0 Å². The lowest BCUT2D eigenvalue weighted by atomic mass is 10.4. The fourth-order valence-corrected chi connectivity index (χ4v) is 2.65. The van der Waals surface area contributed by atoms with Crippen LogP contribution in [0.1, 0.15) is 52.9 Å². The zero-order valence-corrected chi connectivity index (χ0v) is 15.3. The first-order valence-corrected chi connectivity index (χ1v) is 9.83. The maximum atomic E-state index is 12.4. The second-order valence-electron chi connectivity index (χ2n) is 4.88. The van der Waals surface area contributed by atoms with Gasteiger partial charge in [0.1, 0.15) is 0 Å². The molecule has 0 radical (unpaired) electrons. The third-order valence-corrected chi connectivity index (χ3v) is 4.19. The molecule has 6 nitrogen and oxygen atoms in total. The summed E-state index contributed by atoms with van der Waals surface area (Å²) in [7, 11) is -3.51. The molecule has 0 atom stereocenters. The van der Waals surface area contributed by atoms with Gasteiger partial charge in [-0.3, -0.25) is 13.6 Å². The van der Waals surface area contributed by atoms with E-state index < -0.39 is 7.82 Å². The SMILES string of the molecule is CCCCOCCOP(=O)(OCCC)OCCOCCCC. The summed E-state index contributed by atoms with van der Waals surface area (Å²) in [5, 5.41) is 0. The molecule has 0 amide bonds. The molecule has 0 N–H and O–H groups in total. The van der Waals surface area contributed by atoms with E-state index in [1.807, 2.05) is 6.92 Å². The lowest BCUT2D eigenvalue weighted by molar-refractivity contribution is 0.0459. The van der Waals surface area contributed by atoms with Crippen molar-refractivity contribution in [3.8, 4) is 0 Å². The van der Waals surface area contributed by atoms with Crippen LogP contribution in [0.3, 0.4) is 0 Å². The fourth-order valence-electron chi connectivity index (χ4n) is 1.43. The van der Waals surface area contributed by atoms with Crippen molar-refractivity contribution in [3.05, 3.63) is 0 Å². The van der Waals surface area contributed by atoms with Crippen LogP contribution < -0.4 is 0 Å². The summed E-state index contributed by atoms with van der Waals surface area (Å²) >= 11 is 0. The zero-order valence-electron chi connectivity index (χ0n) is 14.4. The number of phosphoric acid groups is 1. The molecule has 134 valence electrons. The third-order valence-electron chi connectivity index (χ3n) is 2.69. The van der Waals surface area contributed by atoms with Crippen LogP contribution in [0.15, 0.2) is 0 Å². The highest BCUT2D eigenvalue weighted by atomic mass is 31.2. The number of rotatable bonds is 17. The highest BCUT2D eigenvalue weighted by molar-refractivity contribution is 7.48. The molecule has 0 aliphatic heterocycles. The second kappa shape index (κ2) is 15.9. The minimum Gasteiger partial charge on any atom is -0.379 e. The summed E-state index contributed by atoms with van der Waals surface area (Å²) in [4.78, 5) is 0. The predicted molar refractivity (Wildman–Crippen MR) is 87.2 cm³/mol. The zero-order chi connectivity index (χ0) is 16.5. The first-order valence-electron chi connectivity index (χ1n) is 8.37. The Hall–Kier alpha value is 0.0300.